The van der Waals surface area contributed by atoms with Crippen LogP contribution in [0.5, 0.6) is 5.75 Å². The number of ether oxygens (including phenoxy) is 2. The number of likely N-dealkylation sites (tertiary alicyclic amines) is 1. The monoisotopic (exact) mass is 373 g/mol. The molecular formula is C22H31NO4. The number of rotatable bonds is 6. The van der Waals surface area contributed by atoms with Gasteiger partial charge in [0.05, 0.1) is 25.2 Å². The van der Waals surface area contributed by atoms with Crippen LogP contribution in [0.4, 0.5) is 0 Å². The molecule has 27 heavy (non-hydrogen) atoms. The maximum absolute atomic E-state index is 10.8. The summed E-state index contributed by atoms with van der Waals surface area (Å²) in [5.41, 5.74) is 2.39. The van der Waals surface area contributed by atoms with Crippen molar-refractivity contribution in [1.82, 2.24) is 4.90 Å². The van der Waals surface area contributed by atoms with Crippen molar-refractivity contribution in [2.45, 2.75) is 63.6 Å². The van der Waals surface area contributed by atoms with Crippen molar-refractivity contribution < 1.29 is 19.4 Å². The summed E-state index contributed by atoms with van der Waals surface area (Å²) in [6, 6.07) is 6.48. The fourth-order valence-electron chi connectivity index (χ4n) is 4.89. The molecule has 1 spiro atoms. The molecule has 0 amide bonds. The first-order chi connectivity index (χ1) is 13.1. The second kappa shape index (κ2) is 8.19. The highest BCUT2D eigenvalue weighted by Crippen LogP contribution is 2.45. The predicted molar refractivity (Wildman–Crippen MR) is 103 cm³/mol. The van der Waals surface area contributed by atoms with E-state index in [4.69, 9.17) is 14.6 Å². The van der Waals surface area contributed by atoms with Gasteiger partial charge in [0.25, 0.3) is 0 Å². The summed E-state index contributed by atoms with van der Waals surface area (Å²) < 4.78 is 12.4. The maximum Gasteiger partial charge on any atom is 0.304 e. The van der Waals surface area contributed by atoms with Gasteiger partial charge in [-0.25, -0.2) is 0 Å². The lowest BCUT2D eigenvalue weighted by atomic mass is 9.83. The van der Waals surface area contributed by atoms with Gasteiger partial charge in [-0.2, -0.15) is 0 Å². The first-order valence-electron chi connectivity index (χ1n) is 10.5. The number of hydrogen-bond acceptors (Lipinski definition) is 4. The van der Waals surface area contributed by atoms with Crippen molar-refractivity contribution in [2.75, 3.05) is 26.2 Å². The van der Waals surface area contributed by atoms with Crippen LogP contribution in [0.1, 0.15) is 62.5 Å². The lowest BCUT2D eigenvalue weighted by Crippen LogP contribution is -2.43. The molecular weight excluding hydrogens is 342 g/mol. The lowest BCUT2D eigenvalue weighted by molar-refractivity contribution is -0.137. The van der Waals surface area contributed by atoms with Crippen LogP contribution in [0.3, 0.4) is 0 Å². The number of nitrogens with zero attached hydrogens (tertiary/aromatic N) is 1. The quantitative estimate of drug-likeness (QED) is 0.818. The highest BCUT2D eigenvalue weighted by atomic mass is 16.5. The number of fused-ring (bicyclic) bond motifs is 2. The van der Waals surface area contributed by atoms with Crippen molar-refractivity contribution in [2.24, 2.45) is 5.92 Å². The average molecular weight is 373 g/mol. The van der Waals surface area contributed by atoms with Crippen LogP contribution in [-0.2, 0) is 21.7 Å². The Morgan fingerprint density at radius 3 is 2.74 bits per heavy atom. The Morgan fingerprint density at radius 2 is 2.00 bits per heavy atom. The van der Waals surface area contributed by atoms with E-state index in [1.165, 1.54) is 43.2 Å². The molecule has 1 saturated heterocycles. The first kappa shape index (κ1) is 18.8. The molecule has 1 aromatic rings. The van der Waals surface area contributed by atoms with Crippen molar-refractivity contribution in [1.29, 1.82) is 0 Å². The van der Waals surface area contributed by atoms with Gasteiger partial charge in [-0.1, -0.05) is 25.3 Å². The molecule has 0 atom stereocenters. The first-order valence-corrected chi connectivity index (χ1v) is 10.5. The molecule has 2 fully saturated rings. The normalized spacial score (nSPS) is 22.7. The number of benzene rings is 1. The van der Waals surface area contributed by atoms with Crippen LogP contribution in [0.2, 0.25) is 0 Å². The molecule has 5 heteroatoms. The summed E-state index contributed by atoms with van der Waals surface area (Å²) in [5.74, 6) is 0.960. The van der Waals surface area contributed by atoms with Crippen LogP contribution in [0.15, 0.2) is 18.2 Å². The molecule has 1 aliphatic carbocycles. The Balaban J connectivity index is 1.35. The number of carbonyl (C=O) groups is 1. The molecule has 148 valence electrons. The van der Waals surface area contributed by atoms with Gasteiger partial charge in [-0.05, 0) is 54.9 Å². The van der Waals surface area contributed by atoms with Crippen molar-refractivity contribution >= 4 is 5.97 Å². The largest absolute Gasteiger partial charge is 0.493 e. The van der Waals surface area contributed by atoms with E-state index in [0.29, 0.717) is 19.1 Å². The van der Waals surface area contributed by atoms with Gasteiger partial charge in [0, 0.05) is 19.6 Å². The highest BCUT2D eigenvalue weighted by molar-refractivity contribution is 5.66. The van der Waals surface area contributed by atoms with Gasteiger partial charge in [0.2, 0.25) is 0 Å². The van der Waals surface area contributed by atoms with E-state index in [2.05, 4.69) is 23.1 Å². The van der Waals surface area contributed by atoms with E-state index in [9.17, 15) is 4.79 Å². The standard InChI is InChI=1S/C22H31NO4/c24-21(25)8-11-23-12-9-22(10-13-23)20-7-6-19(14-18(20)16-27-22)26-15-17-4-2-1-3-5-17/h6-7,14,17H,1-5,8-13,15-16H2,(H,24,25). The van der Waals surface area contributed by atoms with E-state index in [0.717, 1.165) is 38.3 Å². The molecule has 1 aromatic carbocycles. The summed E-state index contributed by atoms with van der Waals surface area (Å²) in [4.78, 5) is 13.0. The number of piperidine rings is 1. The SMILES string of the molecule is O=C(O)CCN1CCC2(CC1)OCc1cc(OCC3CCCCC3)ccc12. The summed E-state index contributed by atoms with van der Waals surface area (Å²) in [6.45, 7) is 3.92. The fourth-order valence-corrected chi connectivity index (χ4v) is 4.89. The minimum atomic E-state index is -0.724. The third-order valence-electron chi connectivity index (χ3n) is 6.59. The van der Waals surface area contributed by atoms with E-state index in [1.54, 1.807) is 0 Å². The van der Waals surface area contributed by atoms with Crippen LogP contribution < -0.4 is 4.74 Å². The topological polar surface area (TPSA) is 59.0 Å². The summed E-state index contributed by atoms with van der Waals surface area (Å²) in [6.07, 6.45) is 8.75. The molecule has 2 aliphatic heterocycles. The summed E-state index contributed by atoms with van der Waals surface area (Å²) in [7, 11) is 0. The van der Waals surface area contributed by atoms with Crippen LogP contribution >= 0.6 is 0 Å². The minimum Gasteiger partial charge on any atom is -0.493 e. The molecule has 2 heterocycles. The molecule has 0 unspecified atom stereocenters. The Hall–Kier alpha value is -1.59. The second-order valence-corrected chi connectivity index (χ2v) is 8.40. The molecule has 0 radical (unpaired) electrons. The minimum absolute atomic E-state index is 0.184. The Kier molecular flexibility index (Phi) is 5.69. The van der Waals surface area contributed by atoms with E-state index < -0.39 is 5.97 Å². The number of hydrogen-bond donors (Lipinski definition) is 1. The van der Waals surface area contributed by atoms with Crippen LogP contribution in [-0.4, -0.2) is 42.2 Å². The van der Waals surface area contributed by atoms with E-state index in [1.807, 2.05) is 0 Å². The van der Waals surface area contributed by atoms with E-state index >= 15 is 0 Å². The second-order valence-electron chi connectivity index (χ2n) is 8.40. The van der Waals surface area contributed by atoms with Crippen molar-refractivity contribution in [3.8, 4) is 5.75 Å². The molecule has 3 aliphatic rings. The van der Waals surface area contributed by atoms with Crippen molar-refractivity contribution in [3.05, 3.63) is 29.3 Å². The zero-order valence-corrected chi connectivity index (χ0v) is 16.1. The molecule has 0 aromatic heterocycles. The third kappa shape index (κ3) is 4.30. The Bertz CT molecular complexity index is 660. The molecule has 5 nitrogen and oxygen atoms in total. The maximum atomic E-state index is 10.8. The third-order valence-corrected chi connectivity index (χ3v) is 6.59. The van der Waals surface area contributed by atoms with Crippen LogP contribution in [0, 0.1) is 5.92 Å². The van der Waals surface area contributed by atoms with Gasteiger partial charge in [0.1, 0.15) is 5.75 Å². The smallest absolute Gasteiger partial charge is 0.304 e. The zero-order valence-electron chi connectivity index (χ0n) is 16.1. The molecule has 4 rings (SSSR count). The van der Waals surface area contributed by atoms with E-state index in [-0.39, 0.29) is 12.0 Å². The summed E-state index contributed by atoms with van der Waals surface area (Å²) >= 11 is 0. The van der Waals surface area contributed by atoms with Gasteiger partial charge in [-0.15, -0.1) is 0 Å². The zero-order chi connectivity index (χ0) is 18.7. The van der Waals surface area contributed by atoms with Gasteiger partial charge in [0.15, 0.2) is 0 Å². The molecule has 1 saturated carbocycles. The van der Waals surface area contributed by atoms with Crippen LogP contribution in [0.25, 0.3) is 0 Å². The van der Waals surface area contributed by atoms with Gasteiger partial charge < -0.3 is 19.5 Å². The lowest BCUT2D eigenvalue weighted by Gasteiger charge is -2.39. The highest BCUT2D eigenvalue weighted by Gasteiger charge is 2.42. The fraction of sp³-hybridized carbons (Fsp3) is 0.682. The van der Waals surface area contributed by atoms with Crippen molar-refractivity contribution in [3.63, 3.8) is 0 Å². The number of aliphatic carboxylic acids is 1. The predicted octanol–water partition coefficient (Wildman–Crippen LogP) is 3.94. The average Bonchev–Trinajstić information content (AvgIpc) is 3.04. The summed E-state index contributed by atoms with van der Waals surface area (Å²) in [5, 5.41) is 8.87. The Labute approximate surface area is 161 Å². The Morgan fingerprint density at radius 1 is 1.22 bits per heavy atom. The molecule has 1 N–H and O–H groups in total. The van der Waals surface area contributed by atoms with Gasteiger partial charge >= 0.3 is 5.97 Å². The molecule has 0 bridgehead atoms. The van der Waals surface area contributed by atoms with Gasteiger partial charge in [-0.3, -0.25) is 4.79 Å². The number of carboxylic acids is 1. The number of carboxylic acid groups (broad SMARTS) is 1.